The summed E-state index contributed by atoms with van der Waals surface area (Å²) >= 11 is 0. The first kappa shape index (κ1) is 52.4. The molecule has 340 valence electrons. The van der Waals surface area contributed by atoms with E-state index in [0.29, 0.717) is 66.4 Å². The van der Waals surface area contributed by atoms with Gasteiger partial charge in [-0.2, -0.15) is 0 Å². The topological polar surface area (TPSA) is 203 Å². The predicted octanol–water partition coefficient (Wildman–Crippen LogP) is 7.00. The van der Waals surface area contributed by atoms with Crippen molar-refractivity contribution in [3.63, 3.8) is 0 Å². The Hall–Kier alpha value is -7.75. The number of benzene rings is 3. The van der Waals surface area contributed by atoms with Crippen molar-refractivity contribution in [2.75, 3.05) is 46.2 Å². The Morgan fingerprint density at radius 1 is 0.484 bits per heavy atom. The van der Waals surface area contributed by atoms with Gasteiger partial charge in [0.15, 0.2) is 0 Å². The molecule has 0 heterocycles. The van der Waals surface area contributed by atoms with Gasteiger partial charge >= 0.3 is 41.8 Å². The Balaban J connectivity index is 0.000000565. The number of ether oxygens (including phenoxy) is 9. The summed E-state index contributed by atoms with van der Waals surface area (Å²) in [6.45, 7) is 20.9. The monoisotopic (exact) mass is 884 g/mol. The molecule has 0 N–H and O–H groups in total. The van der Waals surface area contributed by atoms with Crippen molar-refractivity contribution in [1.29, 1.82) is 0 Å². The zero-order chi connectivity index (χ0) is 47.3. The van der Waals surface area contributed by atoms with Crippen molar-refractivity contribution in [2.24, 2.45) is 5.41 Å². The first-order chi connectivity index (χ1) is 30.7. The number of aryl methyl sites for hydroxylation is 1. The van der Waals surface area contributed by atoms with E-state index in [1.165, 1.54) is 6.07 Å². The quantitative estimate of drug-likeness (QED) is 0.0262. The molecule has 0 fully saturated rings. The van der Waals surface area contributed by atoms with Gasteiger partial charge in [0.1, 0.15) is 42.8 Å². The molecule has 0 aliphatic rings. The standard InChI is InChI=1S/C33H32O10.C15H20O6/c1-4-30(34)40-20-6-18-38-26-12-8-24(9-13-26)32(36)42-28-16-17-29(23(3)22-28)43-33(37)25-10-14-27(15-11-25)39-19-7-21-41-31(35)5-2;1-5-12(16)19-9-15(8-4,10-20-13(17)6-2)11-21-14(18)7-3/h4-5,8-17,22H,1-2,6-7,18-21H2,3H3;5-7H,1-3,8-11H2,4H3. The van der Waals surface area contributed by atoms with E-state index in [1.54, 1.807) is 74.5 Å². The summed E-state index contributed by atoms with van der Waals surface area (Å²) in [5, 5.41) is 0. The average Bonchev–Trinajstić information content (AvgIpc) is 3.31. The van der Waals surface area contributed by atoms with Crippen LogP contribution < -0.4 is 18.9 Å². The first-order valence-electron chi connectivity index (χ1n) is 19.7. The Morgan fingerprint density at radius 2 is 0.844 bits per heavy atom. The van der Waals surface area contributed by atoms with Crippen LogP contribution in [0.3, 0.4) is 0 Å². The van der Waals surface area contributed by atoms with Gasteiger partial charge in [0.05, 0.1) is 43.0 Å². The Labute approximate surface area is 371 Å². The minimum Gasteiger partial charge on any atom is -0.493 e. The molecule has 0 bridgehead atoms. The lowest BCUT2D eigenvalue weighted by molar-refractivity contribution is -0.156. The van der Waals surface area contributed by atoms with E-state index in [4.69, 9.17) is 42.6 Å². The van der Waals surface area contributed by atoms with Gasteiger partial charge in [-0.3, -0.25) is 0 Å². The summed E-state index contributed by atoms with van der Waals surface area (Å²) < 4.78 is 46.9. The van der Waals surface area contributed by atoms with Gasteiger partial charge in [-0.25, -0.2) is 33.6 Å². The van der Waals surface area contributed by atoms with Crippen LogP contribution in [0.1, 0.15) is 52.5 Å². The van der Waals surface area contributed by atoms with Crippen molar-refractivity contribution >= 4 is 41.8 Å². The van der Waals surface area contributed by atoms with E-state index < -0.39 is 47.2 Å². The second kappa shape index (κ2) is 28.7. The summed E-state index contributed by atoms with van der Waals surface area (Å²) in [7, 11) is 0. The van der Waals surface area contributed by atoms with Gasteiger partial charge in [0.25, 0.3) is 0 Å². The molecule has 0 unspecified atom stereocenters. The minimum absolute atomic E-state index is 0.0802. The van der Waals surface area contributed by atoms with Gasteiger partial charge in [0, 0.05) is 43.2 Å². The molecule has 0 saturated carbocycles. The first-order valence-corrected chi connectivity index (χ1v) is 19.7. The maximum absolute atomic E-state index is 12.6. The zero-order valence-corrected chi connectivity index (χ0v) is 35.9. The van der Waals surface area contributed by atoms with Crippen LogP contribution in [0.15, 0.2) is 130 Å². The van der Waals surface area contributed by atoms with Crippen LogP contribution in [0.4, 0.5) is 0 Å². The molecule has 0 aliphatic heterocycles. The molecule has 0 aromatic heterocycles. The van der Waals surface area contributed by atoms with E-state index in [1.807, 2.05) is 0 Å². The average molecular weight is 885 g/mol. The van der Waals surface area contributed by atoms with Crippen LogP contribution >= 0.6 is 0 Å². The van der Waals surface area contributed by atoms with Crippen LogP contribution in [-0.2, 0) is 47.7 Å². The summed E-state index contributed by atoms with van der Waals surface area (Å²) in [5.74, 6) is -2.21. The van der Waals surface area contributed by atoms with Crippen molar-refractivity contribution in [2.45, 2.75) is 33.1 Å². The second-order valence-electron chi connectivity index (χ2n) is 13.2. The molecule has 3 aromatic carbocycles. The maximum atomic E-state index is 12.6. The molecular weight excluding hydrogens is 833 g/mol. The lowest BCUT2D eigenvalue weighted by Gasteiger charge is -2.30. The number of carbonyl (C=O) groups excluding carboxylic acids is 7. The normalized spacial score (nSPS) is 10.2. The number of hydrogen-bond donors (Lipinski definition) is 0. The zero-order valence-electron chi connectivity index (χ0n) is 35.9. The van der Waals surface area contributed by atoms with E-state index in [0.717, 1.165) is 30.4 Å². The second-order valence-corrected chi connectivity index (χ2v) is 13.2. The Bertz CT molecular complexity index is 2040. The SMILES string of the molecule is C=CC(=O)OCC(CC)(COC(=O)C=C)COC(=O)C=C.C=CC(=O)OCCCOc1ccc(C(=O)Oc2ccc(OC(=O)c3ccc(OCCCOC(=O)C=C)cc3)c(C)c2)cc1. The van der Waals surface area contributed by atoms with Gasteiger partial charge in [0.2, 0.25) is 0 Å². The van der Waals surface area contributed by atoms with Crippen LogP contribution in [0.2, 0.25) is 0 Å². The largest absolute Gasteiger partial charge is 0.493 e. The van der Waals surface area contributed by atoms with E-state index >= 15 is 0 Å². The molecule has 3 rings (SSSR count). The fraction of sp³-hybridized carbons (Fsp3) is 0.271. The summed E-state index contributed by atoms with van der Waals surface area (Å²) in [5.41, 5.74) is 0.406. The Morgan fingerprint density at radius 3 is 1.20 bits per heavy atom. The molecule has 64 heavy (non-hydrogen) atoms. The van der Waals surface area contributed by atoms with Crippen molar-refractivity contribution < 1.29 is 76.2 Å². The van der Waals surface area contributed by atoms with Crippen LogP contribution in [0.5, 0.6) is 23.0 Å². The van der Waals surface area contributed by atoms with E-state index in [9.17, 15) is 33.6 Å². The van der Waals surface area contributed by atoms with Crippen LogP contribution in [-0.4, -0.2) is 88.0 Å². The van der Waals surface area contributed by atoms with E-state index in [-0.39, 0.29) is 38.8 Å². The van der Waals surface area contributed by atoms with Crippen molar-refractivity contribution in [1.82, 2.24) is 0 Å². The minimum atomic E-state index is -0.837. The summed E-state index contributed by atoms with van der Waals surface area (Å²) in [6.07, 6.45) is 6.72. The highest BCUT2D eigenvalue weighted by Gasteiger charge is 2.33. The lowest BCUT2D eigenvalue weighted by atomic mass is 9.88. The number of carbonyl (C=O) groups is 7. The summed E-state index contributed by atoms with van der Waals surface area (Å²) in [6, 6.07) is 17.6. The predicted molar refractivity (Wildman–Crippen MR) is 233 cm³/mol. The fourth-order valence-electron chi connectivity index (χ4n) is 4.74. The highest BCUT2D eigenvalue weighted by molar-refractivity contribution is 5.92. The van der Waals surface area contributed by atoms with Crippen LogP contribution in [0.25, 0.3) is 0 Å². The van der Waals surface area contributed by atoms with Crippen molar-refractivity contribution in [3.8, 4) is 23.0 Å². The van der Waals surface area contributed by atoms with Gasteiger partial charge in [-0.15, -0.1) is 0 Å². The van der Waals surface area contributed by atoms with Crippen molar-refractivity contribution in [3.05, 3.63) is 147 Å². The summed E-state index contributed by atoms with van der Waals surface area (Å²) in [4.78, 5) is 80.8. The third kappa shape index (κ3) is 19.8. The number of esters is 7. The highest BCUT2D eigenvalue weighted by atomic mass is 16.6. The molecule has 0 saturated heterocycles. The maximum Gasteiger partial charge on any atom is 0.343 e. The van der Waals surface area contributed by atoms with Gasteiger partial charge in [-0.1, -0.05) is 39.8 Å². The smallest absolute Gasteiger partial charge is 0.343 e. The molecular formula is C48H52O16. The molecule has 0 spiro atoms. The third-order valence-electron chi connectivity index (χ3n) is 8.49. The van der Waals surface area contributed by atoms with Crippen LogP contribution in [0, 0.1) is 12.3 Å². The van der Waals surface area contributed by atoms with E-state index in [2.05, 4.69) is 32.9 Å². The number of hydrogen-bond acceptors (Lipinski definition) is 16. The molecule has 0 amide bonds. The fourth-order valence-corrected chi connectivity index (χ4v) is 4.74. The van der Waals surface area contributed by atoms with Gasteiger partial charge in [-0.05, 0) is 85.6 Å². The molecule has 0 radical (unpaired) electrons. The third-order valence-corrected chi connectivity index (χ3v) is 8.49. The van der Waals surface area contributed by atoms with Gasteiger partial charge < -0.3 is 42.6 Å². The lowest BCUT2D eigenvalue weighted by Crippen LogP contribution is -2.38. The Kier molecular flexibility index (Phi) is 23.5. The number of rotatable bonds is 26. The molecule has 0 atom stereocenters. The highest BCUT2D eigenvalue weighted by Crippen LogP contribution is 2.27. The molecule has 16 nitrogen and oxygen atoms in total. The molecule has 3 aromatic rings. The molecule has 16 heteroatoms. The molecule has 0 aliphatic carbocycles.